The summed E-state index contributed by atoms with van der Waals surface area (Å²) in [5.41, 5.74) is 1.48. The van der Waals surface area contributed by atoms with E-state index >= 15 is 0 Å². The largest absolute Gasteiger partial charge is 0.452 e. The van der Waals surface area contributed by atoms with E-state index in [9.17, 15) is 14.4 Å². The third-order valence-corrected chi connectivity index (χ3v) is 4.97. The Balaban J connectivity index is 1.58. The zero-order chi connectivity index (χ0) is 20.6. The third kappa shape index (κ3) is 5.91. The number of benzene rings is 2. The van der Waals surface area contributed by atoms with Crippen LogP contribution < -0.4 is 5.32 Å². The molecule has 0 aliphatic carbocycles. The molecule has 0 spiro atoms. The van der Waals surface area contributed by atoms with Crippen LogP contribution in [0.25, 0.3) is 0 Å². The summed E-state index contributed by atoms with van der Waals surface area (Å²) in [5.74, 6) is -0.576. The monoisotopic (exact) mass is 394 g/mol. The maximum Gasteiger partial charge on any atom is 0.340 e. The van der Waals surface area contributed by atoms with E-state index in [0.717, 1.165) is 18.4 Å². The number of carbonyl (C=O) groups excluding carboxylic acids is 3. The number of hydrogen-bond acceptors (Lipinski definition) is 4. The molecule has 3 rings (SSSR count). The Morgan fingerprint density at radius 1 is 1.07 bits per heavy atom. The van der Waals surface area contributed by atoms with E-state index in [1.807, 2.05) is 30.3 Å². The number of nitrogens with zero attached hydrogens (tertiary/aromatic N) is 1. The van der Waals surface area contributed by atoms with Crippen LogP contribution in [-0.4, -0.2) is 42.4 Å². The molecule has 6 nitrogen and oxygen atoms in total. The normalized spacial score (nSPS) is 16.2. The Morgan fingerprint density at radius 2 is 1.79 bits per heavy atom. The summed E-state index contributed by atoms with van der Waals surface area (Å²) in [6.07, 6.45) is 2.28. The first-order valence-corrected chi connectivity index (χ1v) is 9.90. The molecule has 1 heterocycles. The number of likely N-dealkylation sites (tertiary alicyclic amines) is 1. The number of carbonyl (C=O) groups is 3. The Morgan fingerprint density at radius 3 is 2.55 bits per heavy atom. The second-order valence-electron chi connectivity index (χ2n) is 7.42. The van der Waals surface area contributed by atoms with Crippen LogP contribution in [0.4, 0.5) is 5.69 Å². The molecule has 1 aliphatic heterocycles. The first-order chi connectivity index (χ1) is 14.0. The summed E-state index contributed by atoms with van der Waals surface area (Å²) in [7, 11) is 0. The van der Waals surface area contributed by atoms with E-state index in [0.29, 0.717) is 24.7 Å². The van der Waals surface area contributed by atoms with Gasteiger partial charge in [-0.05, 0) is 36.5 Å². The summed E-state index contributed by atoms with van der Waals surface area (Å²) in [6.45, 7) is 3.22. The van der Waals surface area contributed by atoms with Gasteiger partial charge in [0.1, 0.15) is 0 Å². The fourth-order valence-corrected chi connectivity index (χ4v) is 3.46. The molecule has 0 saturated carbocycles. The minimum Gasteiger partial charge on any atom is -0.452 e. The summed E-state index contributed by atoms with van der Waals surface area (Å²) in [6, 6.07) is 16.0. The number of rotatable bonds is 6. The Labute approximate surface area is 170 Å². The molecule has 152 valence electrons. The van der Waals surface area contributed by atoms with Gasteiger partial charge in [0.25, 0.3) is 5.91 Å². The number of nitrogens with one attached hydrogen (secondary N) is 1. The van der Waals surface area contributed by atoms with E-state index in [1.165, 1.54) is 0 Å². The fraction of sp³-hybridized carbons (Fsp3) is 0.348. The van der Waals surface area contributed by atoms with Crippen LogP contribution >= 0.6 is 0 Å². The molecule has 6 heteroatoms. The number of ether oxygens (including phenoxy) is 1. The van der Waals surface area contributed by atoms with Crippen molar-refractivity contribution in [3.63, 3.8) is 0 Å². The summed E-state index contributed by atoms with van der Waals surface area (Å²) < 4.78 is 5.24. The third-order valence-electron chi connectivity index (χ3n) is 4.97. The van der Waals surface area contributed by atoms with Gasteiger partial charge in [-0.2, -0.15) is 0 Å². The van der Waals surface area contributed by atoms with Crippen LogP contribution in [0, 0.1) is 5.92 Å². The predicted molar refractivity (Wildman–Crippen MR) is 110 cm³/mol. The lowest BCUT2D eigenvalue weighted by Gasteiger charge is -2.30. The number of para-hydroxylation sites is 1. The highest BCUT2D eigenvalue weighted by Gasteiger charge is 2.23. The fourth-order valence-electron chi connectivity index (χ4n) is 3.46. The number of esters is 1. The van der Waals surface area contributed by atoms with Crippen molar-refractivity contribution in [1.82, 2.24) is 4.90 Å². The van der Waals surface area contributed by atoms with Gasteiger partial charge in [0.15, 0.2) is 6.61 Å². The lowest BCUT2D eigenvalue weighted by molar-refractivity contribution is -0.136. The summed E-state index contributed by atoms with van der Waals surface area (Å²) >= 11 is 0. The van der Waals surface area contributed by atoms with Gasteiger partial charge < -0.3 is 15.0 Å². The lowest BCUT2D eigenvalue weighted by atomic mass is 10.0. The molecule has 29 heavy (non-hydrogen) atoms. The van der Waals surface area contributed by atoms with Crippen LogP contribution in [0.1, 0.15) is 35.7 Å². The number of anilines is 1. The van der Waals surface area contributed by atoms with Gasteiger partial charge in [-0.3, -0.25) is 9.59 Å². The van der Waals surface area contributed by atoms with Crippen molar-refractivity contribution in [2.24, 2.45) is 5.92 Å². The van der Waals surface area contributed by atoms with Gasteiger partial charge in [0, 0.05) is 13.1 Å². The van der Waals surface area contributed by atoms with Crippen molar-refractivity contribution in [3.05, 3.63) is 65.7 Å². The second kappa shape index (κ2) is 9.87. The standard InChI is InChI=1S/C23H26N2O4/c1-17-8-7-13-25(15-17)22(27)16-29-23(28)19-11-5-6-12-20(19)24-21(26)14-18-9-3-2-4-10-18/h2-6,9-12,17H,7-8,13-16H2,1H3,(H,24,26)/t17-/m0/s1. The molecule has 1 aliphatic rings. The minimum absolute atomic E-state index is 0.185. The predicted octanol–water partition coefficient (Wildman–Crippen LogP) is 3.28. The van der Waals surface area contributed by atoms with Crippen LogP contribution in [-0.2, 0) is 20.7 Å². The molecule has 2 amide bonds. The summed E-state index contributed by atoms with van der Waals surface area (Å²) in [5, 5.41) is 2.76. The molecule has 0 bridgehead atoms. The average molecular weight is 394 g/mol. The van der Waals surface area contributed by atoms with Gasteiger partial charge in [0.2, 0.25) is 5.91 Å². The molecule has 1 N–H and O–H groups in total. The maximum atomic E-state index is 12.5. The van der Waals surface area contributed by atoms with Crippen LogP contribution in [0.5, 0.6) is 0 Å². The quantitative estimate of drug-likeness (QED) is 0.763. The van der Waals surface area contributed by atoms with Crippen molar-refractivity contribution >= 4 is 23.5 Å². The molecule has 2 aromatic rings. The van der Waals surface area contributed by atoms with Gasteiger partial charge in [-0.25, -0.2) is 4.79 Å². The topological polar surface area (TPSA) is 75.7 Å². The SMILES string of the molecule is C[C@H]1CCCN(C(=O)COC(=O)c2ccccc2NC(=O)Cc2ccccc2)C1. The Kier molecular flexibility index (Phi) is 7.00. The van der Waals surface area contributed by atoms with Crippen molar-refractivity contribution in [2.45, 2.75) is 26.2 Å². The molecular formula is C23H26N2O4. The van der Waals surface area contributed by atoms with E-state index < -0.39 is 5.97 Å². The lowest BCUT2D eigenvalue weighted by Crippen LogP contribution is -2.41. The van der Waals surface area contributed by atoms with Crippen LogP contribution in [0.2, 0.25) is 0 Å². The van der Waals surface area contributed by atoms with E-state index in [2.05, 4.69) is 12.2 Å². The highest BCUT2D eigenvalue weighted by atomic mass is 16.5. The molecule has 0 unspecified atom stereocenters. The zero-order valence-corrected chi connectivity index (χ0v) is 16.6. The van der Waals surface area contributed by atoms with Crippen molar-refractivity contribution < 1.29 is 19.1 Å². The molecule has 0 aromatic heterocycles. The molecular weight excluding hydrogens is 368 g/mol. The first kappa shape index (κ1) is 20.6. The Hall–Kier alpha value is -3.15. The second-order valence-corrected chi connectivity index (χ2v) is 7.42. The Bertz CT molecular complexity index is 866. The molecule has 1 atom stereocenters. The smallest absolute Gasteiger partial charge is 0.340 e. The number of piperidine rings is 1. The average Bonchev–Trinajstić information content (AvgIpc) is 2.73. The van der Waals surface area contributed by atoms with Crippen molar-refractivity contribution in [1.29, 1.82) is 0 Å². The van der Waals surface area contributed by atoms with Gasteiger partial charge in [-0.15, -0.1) is 0 Å². The molecule has 1 saturated heterocycles. The highest BCUT2D eigenvalue weighted by molar-refractivity contribution is 6.02. The summed E-state index contributed by atoms with van der Waals surface area (Å²) in [4.78, 5) is 38.9. The number of hydrogen-bond donors (Lipinski definition) is 1. The zero-order valence-electron chi connectivity index (χ0n) is 16.6. The number of amides is 2. The van der Waals surface area contributed by atoms with Crippen LogP contribution in [0.15, 0.2) is 54.6 Å². The van der Waals surface area contributed by atoms with E-state index in [-0.39, 0.29) is 30.4 Å². The van der Waals surface area contributed by atoms with Gasteiger partial charge in [-0.1, -0.05) is 49.4 Å². The van der Waals surface area contributed by atoms with Gasteiger partial charge in [0.05, 0.1) is 17.7 Å². The van der Waals surface area contributed by atoms with Crippen molar-refractivity contribution in [2.75, 3.05) is 25.0 Å². The van der Waals surface area contributed by atoms with Gasteiger partial charge >= 0.3 is 5.97 Å². The molecule has 0 radical (unpaired) electrons. The highest BCUT2D eigenvalue weighted by Crippen LogP contribution is 2.18. The van der Waals surface area contributed by atoms with E-state index in [4.69, 9.17) is 4.74 Å². The molecule has 2 aromatic carbocycles. The van der Waals surface area contributed by atoms with Crippen molar-refractivity contribution in [3.8, 4) is 0 Å². The van der Waals surface area contributed by atoms with Crippen LogP contribution in [0.3, 0.4) is 0 Å². The maximum absolute atomic E-state index is 12.5. The molecule has 1 fully saturated rings. The minimum atomic E-state index is -0.626. The first-order valence-electron chi connectivity index (χ1n) is 9.90. The van der Waals surface area contributed by atoms with E-state index in [1.54, 1.807) is 29.2 Å².